The zero-order chi connectivity index (χ0) is 21.8. The number of carboxylic acids is 1. The third-order valence-electron chi connectivity index (χ3n) is 4.59. The van der Waals surface area contributed by atoms with Crippen molar-refractivity contribution >= 4 is 22.6 Å². The van der Waals surface area contributed by atoms with Crippen LogP contribution in [0.2, 0.25) is 0 Å². The Bertz CT molecular complexity index is 1140. The second-order valence-electron chi connectivity index (χ2n) is 7.49. The molecule has 0 radical (unpaired) electrons. The van der Waals surface area contributed by atoms with Gasteiger partial charge in [0.25, 0.3) is 11.5 Å². The second kappa shape index (κ2) is 8.77. The van der Waals surface area contributed by atoms with Gasteiger partial charge in [-0.25, -0.2) is 4.68 Å². The van der Waals surface area contributed by atoms with Crippen LogP contribution >= 0.6 is 0 Å². The quantitative estimate of drug-likeness (QED) is 0.597. The third-order valence-corrected chi connectivity index (χ3v) is 4.59. The van der Waals surface area contributed by atoms with Gasteiger partial charge in [-0.1, -0.05) is 44.2 Å². The van der Waals surface area contributed by atoms with Crippen molar-refractivity contribution in [2.24, 2.45) is 5.92 Å². The highest BCUT2D eigenvalue weighted by molar-refractivity contribution is 6.05. The van der Waals surface area contributed by atoms with E-state index in [4.69, 9.17) is 0 Å². The topological polar surface area (TPSA) is 124 Å². The van der Waals surface area contributed by atoms with Crippen LogP contribution in [0.1, 0.15) is 29.9 Å². The number of hydrogen-bond donors (Lipinski definition) is 2. The van der Waals surface area contributed by atoms with E-state index in [1.54, 1.807) is 36.4 Å². The molecule has 0 spiro atoms. The maximum Gasteiger partial charge on any atom is 0.274 e. The number of phenols is 1. The number of fused-ring (bicyclic) bond motifs is 1. The Morgan fingerprint density at radius 1 is 1.10 bits per heavy atom. The first kappa shape index (κ1) is 21.0. The fourth-order valence-corrected chi connectivity index (χ4v) is 3.16. The maximum absolute atomic E-state index is 12.9. The van der Waals surface area contributed by atoms with E-state index in [1.807, 2.05) is 13.8 Å². The van der Waals surface area contributed by atoms with Crippen LogP contribution < -0.4 is 16.0 Å². The minimum Gasteiger partial charge on any atom is -0.548 e. The first-order chi connectivity index (χ1) is 14.3. The average Bonchev–Trinajstić information content (AvgIpc) is 2.70. The molecule has 1 heterocycles. The molecule has 1 aromatic heterocycles. The summed E-state index contributed by atoms with van der Waals surface area (Å²) in [6.07, 6.45) is -0.0298. The largest absolute Gasteiger partial charge is 0.548 e. The van der Waals surface area contributed by atoms with Gasteiger partial charge >= 0.3 is 0 Å². The van der Waals surface area contributed by atoms with Crippen LogP contribution in [-0.2, 0) is 17.8 Å². The Morgan fingerprint density at radius 2 is 1.73 bits per heavy atom. The van der Waals surface area contributed by atoms with Crippen molar-refractivity contribution in [3.63, 3.8) is 0 Å². The number of benzene rings is 2. The molecule has 8 nitrogen and oxygen atoms in total. The number of carboxylic acid groups (broad SMARTS) is 1. The predicted molar refractivity (Wildman–Crippen MR) is 109 cm³/mol. The molecule has 30 heavy (non-hydrogen) atoms. The van der Waals surface area contributed by atoms with Crippen LogP contribution in [0.15, 0.2) is 53.3 Å². The molecule has 8 heteroatoms. The molecule has 156 valence electrons. The van der Waals surface area contributed by atoms with Crippen LogP contribution in [0.3, 0.4) is 0 Å². The Kier molecular flexibility index (Phi) is 6.15. The van der Waals surface area contributed by atoms with E-state index in [2.05, 4.69) is 10.4 Å². The van der Waals surface area contributed by atoms with Crippen molar-refractivity contribution in [1.29, 1.82) is 0 Å². The lowest BCUT2D eigenvalue weighted by atomic mass is 10.0. The standard InChI is InChI=1S/C22H23N3O5/c1-13(2)12-25-21(28)17-6-4-3-5-16(17)19(24-25)20(27)23-18(22(29)30)11-14-7-9-15(26)10-8-14/h3-10,13,18,26H,11-12H2,1-2H3,(H,23,27)(H,29,30)/p-1/t18-/m1/s1. The van der Waals surface area contributed by atoms with Gasteiger partial charge in [-0.15, -0.1) is 0 Å². The van der Waals surface area contributed by atoms with Crippen LogP contribution in [-0.4, -0.2) is 32.8 Å². The number of nitrogens with zero attached hydrogens (tertiary/aromatic N) is 2. The number of aromatic nitrogens is 2. The van der Waals surface area contributed by atoms with Crippen molar-refractivity contribution in [1.82, 2.24) is 15.1 Å². The maximum atomic E-state index is 12.9. The van der Waals surface area contributed by atoms with Crippen molar-refractivity contribution in [3.05, 3.63) is 70.1 Å². The number of aliphatic carboxylic acids is 1. The molecule has 0 unspecified atom stereocenters. The highest BCUT2D eigenvalue weighted by Gasteiger charge is 2.21. The molecule has 0 aliphatic carbocycles. The van der Waals surface area contributed by atoms with Gasteiger partial charge in [-0.3, -0.25) is 9.59 Å². The zero-order valence-corrected chi connectivity index (χ0v) is 16.7. The Balaban J connectivity index is 1.96. The van der Waals surface area contributed by atoms with E-state index in [-0.39, 0.29) is 29.3 Å². The molecule has 1 atom stereocenters. The zero-order valence-electron chi connectivity index (χ0n) is 16.7. The minimum absolute atomic E-state index is 0.0252. The van der Waals surface area contributed by atoms with Crippen molar-refractivity contribution in [2.45, 2.75) is 32.9 Å². The Hall–Kier alpha value is -3.68. The van der Waals surface area contributed by atoms with E-state index in [1.165, 1.54) is 16.8 Å². The van der Waals surface area contributed by atoms with Crippen LogP contribution in [0, 0.1) is 5.92 Å². The summed E-state index contributed by atoms with van der Waals surface area (Å²) in [7, 11) is 0. The van der Waals surface area contributed by atoms with E-state index in [0.717, 1.165) is 0 Å². The van der Waals surface area contributed by atoms with E-state index in [9.17, 15) is 24.6 Å². The SMILES string of the molecule is CC(C)Cn1nc(C(=O)N[C@H](Cc2ccc(O)cc2)C(=O)[O-])c2ccccc2c1=O. The fourth-order valence-electron chi connectivity index (χ4n) is 3.16. The lowest BCUT2D eigenvalue weighted by Gasteiger charge is -2.20. The molecule has 0 aliphatic heterocycles. The molecular formula is C22H22N3O5-. The summed E-state index contributed by atoms with van der Waals surface area (Å²) in [5.41, 5.74) is 0.268. The summed E-state index contributed by atoms with van der Waals surface area (Å²) < 4.78 is 1.23. The fraction of sp³-hybridized carbons (Fsp3) is 0.273. The summed E-state index contributed by atoms with van der Waals surface area (Å²) in [5, 5.41) is 28.3. The van der Waals surface area contributed by atoms with Gasteiger partial charge in [-0.2, -0.15) is 5.10 Å². The molecule has 0 fully saturated rings. The molecule has 0 aliphatic rings. The summed E-state index contributed by atoms with van der Waals surface area (Å²) in [4.78, 5) is 37.2. The number of aromatic hydroxyl groups is 1. The smallest absolute Gasteiger partial charge is 0.274 e. The average molecular weight is 408 g/mol. The molecular weight excluding hydrogens is 386 g/mol. The summed E-state index contributed by atoms with van der Waals surface area (Å²) in [5.74, 6) is -1.98. The monoisotopic (exact) mass is 408 g/mol. The first-order valence-electron chi connectivity index (χ1n) is 9.55. The number of rotatable bonds is 7. The molecule has 3 aromatic rings. The van der Waals surface area contributed by atoms with Gasteiger partial charge in [0, 0.05) is 11.9 Å². The number of phenolic OH excluding ortho intramolecular Hbond substituents is 1. The molecule has 2 N–H and O–H groups in total. The molecule has 0 saturated carbocycles. The molecule has 2 aromatic carbocycles. The highest BCUT2D eigenvalue weighted by Crippen LogP contribution is 2.15. The van der Waals surface area contributed by atoms with Gasteiger partial charge in [0.1, 0.15) is 5.75 Å². The summed E-state index contributed by atoms with van der Waals surface area (Å²) in [6, 6.07) is 11.3. The minimum atomic E-state index is -1.45. The van der Waals surface area contributed by atoms with E-state index >= 15 is 0 Å². The normalized spacial score (nSPS) is 12.1. The lowest BCUT2D eigenvalue weighted by Crippen LogP contribution is -2.49. The van der Waals surface area contributed by atoms with Crippen molar-refractivity contribution in [3.8, 4) is 5.75 Å². The van der Waals surface area contributed by atoms with Crippen LogP contribution in [0.4, 0.5) is 0 Å². The predicted octanol–water partition coefficient (Wildman–Crippen LogP) is 0.849. The van der Waals surface area contributed by atoms with Crippen LogP contribution in [0.5, 0.6) is 5.75 Å². The van der Waals surface area contributed by atoms with E-state index < -0.39 is 17.9 Å². The molecule has 1 amide bonds. The van der Waals surface area contributed by atoms with Gasteiger partial charge < -0.3 is 20.3 Å². The van der Waals surface area contributed by atoms with Gasteiger partial charge in [-0.05, 0) is 36.1 Å². The van der Waals surface area contributed by atoms with Gasteiger partial charge in [0.15, 0.2) is 5.69 Å². The highest BCUT2D eigenvalue weighted by atomic mass is 16.4. The number of nitrogens with one attached hydrogen (secondary N) is 1. The number of amides is 1. The molecule has 3 rings (SSSR count). The first-order valence-corrected chi connectivity index (χ1v) is 9.55. The van der Waals surface area contributed by atoms with Crippen LogP contribution in [0.25, 0.3) is 10.8 Å². The van der Waals surface area contributed by atoms with Crippen molar-refractivity contribution < 1.29 is 19.8 Å². The Morgan fingerprint density at radius 3 is 2.33 bits per heavy atom. The number of hydrogen-bond acceptors (Lipinski definition) is 6. The van der Waals surface area contributed by atoms with Crippen molar-refractivity contribution in [2.75, 3.05) is 0 Å². The molecule has 0 bridgehead atoms. The summed E-state index contributed by atoms with van der Waals surface area (Å²) >= 11 is 0. The number of carbonyl (C=O) groups is 2. The van der Waals surface area contributed by atoms with E-state index in [0.29, 0.717) is 22.9 Å². The molecule has 0 saturated heterocycles. The van der Waals surface area contributed by atoms with Gasteiger partial charge in [0.2, 0.25) is 0 Å². The van der Waals surface area contributed by atoms with Gasteiger partial charge in [0.05, 0.1) is 17.4 Å². The number of carbonyl (C=O) groups excluding carboxylic acids is 2. The third kappa shape index (κ3) is 4.65. The lowest BCUT2D eigenvalue weighted by molar-refractivity contribution is -0.308. The Labute approximate surface area is 172 Å². The second-order valence-corrected chi connectivity index (χ2v) is 7.49. The summed E-state index contributed by atoms with van der Waals surface area (Å²) in [6.45, 7) is 4.17.